The van der Waals surface area contributed by atoms with Crippen molar-refractivity contribution in [3.8, 4) is 0 Å². The number of nitrogens with zero attached hydrogens (tertiary/aromatic N) is 4. The van der Waals surface area contributed by atoms with Crippen LogP contribution in [0.4, 0.5) is 5.82 Å². The molecule has 0 aliphatic rings. The maximum Gasteiger partial charge on any atom is 0.252 e. The molecule has 3 rings (SSSR count). The lowest BCUT2D eigenvalue weighted by atomic mass is 9.94. The summed E-state index contributed by atoms with van der Waals surface area (Å²) in [6.07, 6.45) is 4.72. The molecule has 0 radical (unpaired) electrons. The van der Waals surface area contributed by atoms with Crippen molar-refractivity contribution in [1.29, 1.82) is 0 Å². The minimum absolute atomic E-state index is 0.00945. The standard InChI is InChI=1S/C30H44N6O2/c1-10-11-23-15-20(5)33-30(38)26(23)17-32-29(37)25(28-21(6)34-36(18(2)3)22(28)7)14-19(4)24-12-13-27(31-16-24)35(8)9/h12-16,18-19,29,32,37H,10-11,17H2,1-9H3,(H,33,38). The minimum Gasteiger partial charge on any atom is -0.374 e. The molecular weight excluding hydrogens is 476 g/mol. The molecule has 0 bridgehead atoms. The Kier molecular flexibility index (Phi) is 9.68. The summed E-state index contributed by atoms with van der Waals surface area (Å²) in [5.41, 5.74) is 6.99. The molecule has 0 fully saturated rings. The Labute approximate surface area is 226 Å². The largest absolute Gasteiger partial charge is 0.374 e. The highest BCUT2D eigenvalue weighted by atomic mass is 16.3. The van der Waals surface area contributed by atoms with Gasteiger partial charge < -0.3 is 15.0 Å². The predicted molar refractivity (Wildman–Crippen MR) is 156 cm³/mol. The van der Waals surface area contributed by atoms with E-state index in [9.17, 15) is 9.90 Å². The van der Waals surface area contributed by atoms with Crippen LogP contribution in [0.2, 0.25) is 0 Å². The number of aromatic amines is 1. The van der Waals surface area contributed by atoms with Crippen LogP contribution >= 0.6 is 0 Å². The summed E-state index contributed by atoms with van der Waals surface area (Å²) in [4.78, 5) is 22.2. The Morgan fingerprint density at radius 3 is 2.47 bits per heavy atom. The van der Waals surface area contributed by atoms with E-state index < -0.39 is 6.23 Å². The van der Waals surface area contributed by atoms with Gasteiger partial charge in [0, 0.05) is 66.9 Å². The summed E-state index contributed by atoms with van der Waals surface area (Å²) in [7, 11) is 3.93. The van der Waals surface area contributed by atoms with E-state index in [2.05, 4.69) is 55.1 Å². The van der Waals surface area contributed by atoms with Crippen LogP contribution < -0.4 is 15.8 Å². The van der Waals surface area contributed by atoms with Crippen LogP contribution in [0.15, 0.2) is 35.3 Å². The number of rotatable bonds is 11. The highest BCUT2D eigenvalue weighted by Crippen LogP contribution is 2.31. The molecule has 0 aromatic carbocycles. The van der Waals surface area contributed by atoms with Crippen LogP contribution in [-0.2, 0) is 13.0 Å². The van der Waals surface area contributed by atoms with Gasteiger partial charge in [0.1, 0.15) is 12.0 Å². The summed E-state index contributed by atoms with van der Waals surface area (Å²) >= 11 is 0. The minimum atomic E-state index is -0.996. The van der Waals surface area contributed by atoms with Gasteiger partial charge in [0.2, 0.25) is 0 Å². The van der Waals surface area contributed by atoms with E-state index in [0.717, 1.165) is 58.0 Å². The fraction of sp³-hybridized carbons (Fsp3) is 0.500. The summed E-state index contributed by atoms with van der Waals surface area (Å²) < 4.78 is 1.99. The molecule has 38 heavy (non-hydrogen) atoms. The van der Waals surface area contributed by atoms with E-state index >= 15 is 0 Å². The van der Waals surface area contributed by atoms with Crippen molar-refractivity contribution in [2.45, 2.75) is 86.0 Å². The van der Waals surface area contributed by atoms with E-state index in [0.29, 0.717) is 5.56 Å². The number of hydrogen-bond acceptors (Lipinski definition) is 6. The van der Waals surface area contributed by atoms with Gasteiger partial charge in [-0.1, -0.05) is 32.4 Å². The van der Waals surface area contributed by atoms with Crippen molar-refractivity contribution in [2.75, 3.05) is 19.0 Å². The van der Waals surface area contributed by atoms with E-state index in [-0.39, 0.29) is 24.1 Å². The van der Waals surface area contributed by atoms with Crippen LogP contribution in [0.25, 0.3) is 5.57 Å². The summed E-state index contributed by atoms with van der Waals surface area (Å²) in [6, 6.07) is 6.29. The van der Waals surface area contributed by atoms with Crippen molar-refractivity contribution in [1.82, 2.24) is 25.1 Å². The summed E-state index contributed by atoms with van der Waals surface area (Å²) in [5, 5.41) is 19.6. The number of aromatic nitrogens is 4. The van der Waals surface area contributed by atoms with Crippen LogP contribution in [-0.4, -0.2) is 45.2 Å². The number of pyridine rings is 2. The number of aliphatic hydroxyl groups is 1. The Morgan fingerprint density at radius 2 is 1.92 bits per heavy atom. The van der Waals surface area contributed by atoms with Crippen molar-refractivity contribution in [3.63, 3.8) is 0 Å². The topological polar surface area (TPSA) is 99.1 Å². The Morgan fingerprint density at radius 1 is 1.21 bits per heavy atom. The van der Waals surface area contributed by atoms with E-state index in [4.69, 9.17) is 5.10 Å². The first-order valence-electron chi connectivity index (χ1n) is 13.5. The molecule has 3 aromatic rings. The smallest absolute Gasteiger partial charge is 0.252 e. The zero-order valence-electron chi connectivity index (χ0n) is 24.4. The van der Waals surface area contributed by atoms with Crippen LogP contribution in [0.3, 0.4) is 0 Å². The average molecular weight is 521 g/mol. The molecule has 8 heteroatoms. The predicted octanol–water partition coefficient (Wildman–Crippen LogP) is 4.79. The quantitative estimate of drug-likeness (QED) is 0.315. The van der Waals surface area contributed by atoms with Gasteiger partial charge in [-0.3, -0.25) is 14.8 Å². The first-order chi connectivity index (χ1) is 17.9. The molecule has 0 aliphatic heterocycles. The lowest BCUT2D eigenvalue weighted by Gasteiger charge is -2.21. The maximum absolute atomic E-state index is 12.8. The monoisotopic (exact) mass is 520 g/mol. The SMILES string of the molecule is CCCc1cc(C)[nH]c(=O)c1CNC(O)C(=CC(C)c1ccc(N(C)C)nc1)c1c(C)nn(C(C)C)c1C. The molecule has 2 unspecified atom stereocenters. The fourth-order valence-electron chi connectivity index (χ4n) is 4.97. The fourth-order valence-corrected chi connectivity index (χ4v) is 4.97. The van der Waals surface area contributed by atoms with E-state index in [1.165, 1.54) is 0 Å². The molecule has 0 aliphatic carbocycles. The molecule has 3 N–H and O–H groups in total. The average Bonchev–Trinajstić information content (AvgIpc) is 3.15. The third kappa shape index (κ3) is 6.60. The first-order valence-corrected chi connectivity index (χ1v) is 13.5. The van der Waals surface area contributed by atoms with Gasteiger partial charge in [0.05, 0.1) is 5.69 Å². The molecule has 8 nitrogen and oxygen atoms in total. The molecule has 3 heterocycles. The van der Waals surface area contributed by atoms with E-state index in [1.54, 1.807) is 0 Å². The van der Waals surface area contributed by atoms with Crippen molar-refractivity contribution < 1.29 is 5.11 Å². The second-order valence-corrected chi connectivity index (χ2v) is 10.7. The highest BCUT2D eigenvalue weighted by molar-refractivity contribution is 5.72. The second-order valence-electron chi connectivity index (χ2n) is 10.7. The number of hydrogen-bond donors (Lipinski definition) is 3. The maximum atomic E-state index is 12.8. The Hall–Kier alpha value is -3.23. The Bertz CT molecular complexity index is 1320. The molecular formula is C30H44N6O2. The van der Waals surface area contributed by atoms with Gasteiger partial charge in [-0.2, -0.15) is 5.10 Å². The third-order valence-electron chi connectivity index (χ3n) is 6.94. The molecule has 3 aromatic heterocycles. The zero-order chi connectivity index (χ0) is 28.1. The number of anilines is 1. The Balaban J connectivity index is 2.01. The van der Waals surface area contributed by atoms with Crippen LogP contribution in [0.1, 0.15) is 85.4 Å². The summed E-state index contributed by atoms with van der Waals surface area (Å²) in [6.45, 7) is 14.6. The van der Waals surface area contributed by atoms with Gasteiger partial charge in [-0.25, -0.2) is 4.98 Å². The summed E-state index contributed by atoms with van der Waals surface area (Å²) in [5.74, 6) is 0.882. The molecule has 0 spiro atoms. The number of aryl methyl sites for hydroxylation is 3. The van der Waals surface area contributed by atoms with Crippen molar-refractivity contribution in [3.05, 3.63) is 80.2 Å². The van der Waals surface area contributed by atoms with E-state index in [1.807, 2.05) is 62.8 Å². The lowest BCUT2D eigenvalue weighted by molar-refractivity contribution is 0.191. The van der Waals surface area contributed by atoms with Gasteiger partial charge >= 0.3 is 0 Å². The van der Waals surface area contributed by atoms with Gasteiger partial charge in [0.25, 0.3) is 5.56 Å². The molecule has 0 amide bonds. The van der Waals surface area contributed by atoms with Gasteiger partial charge in [0.15, 0.2) is 0 Å². The van der Waals surface area contributed by atoms with Crippen molar-refractivity contribution >= 4 is 11.4 Å². The number of aliphatic hydroxyl groups excluding tert-OH is 1. The third-order valence-corrected chi connectivity index (χ3v) is 6.94. The molecule has 206 valence electrons. The molecule has 0 saturated carbocycles. The number of allylic oxidation sites excluding steroid dienone is 1. The number of H-pyrrole nitrogens is 1. The molecule has 2 atom stereocenters. The van der Waals surface area contributed by atoms with Crippen LogP contribution in [0.5, 0.6) is 0 Å². The normalized spacial score (nSPS) is 13.7. The van der Waals surface area contributed by atoms with Crippen LogP contribution in [0, 0.1) is 20.8 Å². The highest BCUT2D eigenvalue weighted by Gasteiger charge is 2.24. The second kappa shape index (κ2) is 12.5. The first kappa shape index (κ1) is 29.3. The number of nitrogens with one attached hydrogen (secondary N) is 2. The van der Waals surface area contributed by atoms with Gasteiger partial charge in [-0.05, 0) is 64.3 Å². The zero-order valence-corrected chi connectivity index (χ0v) is 24.4. The molecule has 0 saturated heterocycles. The van der Waals surface area contributed by atoms with Crippen molar-refractivity contribution in [2.24, 2.45) is 0 Å². The van der Waals surface area contributed by atoms with Gasteiger partial charge in [-0.15, -0.1) is 0 Å². The lowest BCUT2D eigenvalue weighted by Crippen LogP contribution is -2.33.